The summed E-state index contributed by atoms with van der Waals surface area (Å²) in [5, 5.41) is 9.44. The first kappa shape index (κ1) is 16.9. The number of rotatable bonds is 10. The van der Waals surface area contributed by atoms with Crippen LogP contribution in [0.1, 0.15) is 46.0 Å². The van der Waals surface area contributed by atoms with Crippen LogP contribution in [0.3, 0.4) is 0 Å². The summed E-state index contributed by atoms with van der Waals surface area (Å²) in [5.74, 6) is 0. The first-order valence-corrected chi connectivity index (χ1v) is 6.94. The van der Waals surface area contributed by atoms with Crippen molar-refractivity contribution in [2.24, 2.45) is 0 Å². The highest BCUT2D eigenvalue weighted by molar-refractivity contribution is 4.58. The van der Waals surface area contributed by atoms with Crippen LogP contribution in [0, 0.1) is 0 Å². The molecule has 0 bridgehead atoms. The van der Waals surface area contributed by atoms with Gasteiger partial charge in [0.2, 0.25) is 0 Å². The number of hydrogen-bond donors (Lipinski definition) is 1. The van der Waals surface area contributed by atoms with Crippen molar-refractivity contribution < 1.29 is 14.3 Å². The maximum Gasteiger partial charge on any atom is 0.104 e. The second kappa shape index (κ2) is 8.90. The fraction of sp³-hybridized carbons (Fsp3) is 1.00. The smallest absolute Gasteiger partial charge is 0.104 e. The van der Waals surface area contributed by atoms with Crippen molar-refractivity contribution in [3.05, 3.63) is 0 Å². The van der Waals surface area contributed by atoms with Crippen LogP contribution >= 0.6 is 0 Å². The van der Waals surface area contributed by atoms with E-state index in [9.17, 15) is 5.11 Å². The number of methoxy groups -OCH3 is 1. The van der Waals surface area contributed by atoms with Crippen LogP contribution in [0.15, 0.2) is 0 Å². The Balaban J connectivity index is 3.87. The molecule has 0 aliphatic heterocycles. The zero-order valence-corrected chi connectivity index (χ0v) is 12.4. The SMILES string of the molecule is CCCCCC(CC[N+](C)(C)CC(C)O)OC. The van der Waals surface area contributed by atoms with E-state index in [4.69, 9.17) is 4.74 Å². The Bertz CT molecular complexity index is 181. The fourth-order valence-corrected chi connectivity index (χ4v) is 2.30. The number of unbranched alkanes of at least 4 members (excludes halogenated alkanes) is 2. The highest BCUT2D eigenvalue weighted by Crippen LogP contribution is 2.12. The normalized spacial score (nSPS) is 15.9. The largest absolute Gasteiger partial charge is 0.388 e. The van der Waals surface area contributed by atoms with E-state index in [-0.39, 0.29) is 6.10 Å². The molecule has 0 heterocycles. The van der Waals surface area contributed by atoms with Gasteiger partial charge in [0.15, 0.2) is 0 Å². The summed E-state index contributed by atoms with van der Waals surface area (Å²) in [6.07, 6.45) is 6.22. The lowest BCUT2D eigenvalue weighted by molar-refractivity contribution is -0.893. The van der Waals surface area contributed by atoms with Crippen LogP contribution in [-0.4, -0.2) is 56.1 Å². The molecule has 0 aliphatic rings. The summed E-state index contributed by atoms with van der Waals surface area (Å²) in [4.78, 5) is 0. The molecular formula is C14H32NO2+. The Morgan fingerprint density at radius 3 is 2.29 bits per heavy atom. The van der Waals surface area contributed by atoms with Crippen LogP contribution in [0.25, 0.3) is 0 Å². The number of ether oxygens (including phenoxy) is 1. The summed E-state index contributed by atoms with van der Waals surface area (Å²) in [5.41, 5.74) is 0. The molecule has 0 saturated carbocycles. The number of aliphatic hydroxyl groups excluding tert-OH is 1. The second-order valence-corrected chi connectivity index (χ2v) is 5.83. The first-order chi connectivity index (χ1) is 7.91. The van der Waals surface area contributed by atoms with Crippen molar-refractivity contribution in [1.82, 2.24) is 0 Å². The molecule has 3 nitrogen and oxygen atoms in total. The van der Waals surface area contributed by atoms with Crippen LogP contribution in [0.4, 0.5) is 0 Å². The standard InChI is InChI=1S/C14H32NO2/c1-6-7-8-9-14(17-5)10-11-15(3,4)12-13(2)16/h13-14,16H,6-12H2,1-5H3/q+1. The molecule has 2 atom stereocenters. The van der Waals surface area contributed by atoms with E-state index in [0.717, 1.165) is 24.0 Å². The van der Waals surface area contributed by atoms with Crippen LogP contribution < -0.4 is 0 Å². The summed E-state index contributed by atoms with van der Waals surface area (Å²) in [6.45, 7) is 5.96. The van der Waals surface area contributed by atoms with Gasteiger partial charge in [0.25, 0.3) is 0 Å². The van der Waals surface area contributed by atoms with Gasteiger partial charge in [-0.2, -0.15) is 0 Å². The highest BCUT2D eigenvalue weighted by atomic mass is 16.5. The van der Waals surface area contributed by atoms with Crippen LogP contribution in [-0.2, 0) is 4.74 Å². The van der Waals surface area contributed by atoms with E-state index >= 15 is 0 Å². The number of likely N-dealkylation sites (N-methyl/N-ethyl adjacent to an activating group) is 1. The average Bonchev–Trinajstić information content (AvgIpc) is 2.21. The maximum atomic E-state index is 9.44. The zero-order chi connectivity index (χ0) is 13.3. The van der Waals surface area contributed by atoms with E-state index < -0.39 is 0 Å². The fourth-order valence-electron chi connectivity index (χ4n) is 2.30. The van der Waals surface area contributed by atoms with Gasteiger partial charge in [0, 0.05) is 13.5 Å². The van der Waals surface area contributed by atoms with Crippen molar-refractivity contribution in [3.8, 4) is 0 Å². The Labute approximate surface area is 107 Å². The minimum atomic E-state index is -0.230. The third-order valence-electron chi connectivity index (χ3n) is 3.28. The summed E-state index contributed by atoms with van der Waals surface area (Å²) < 4.78 is 6.39. The third kappa shape index (κ3) is 9.57. The Morgan fingerprint density at radius 1 is 1.18 bits per heavy atom. The number of aliphatic hydroxyl groups is 1. The molecule has 0 fully saturated rings. The lowest BCUT2D eigenvalue weighted by Gasteiger charge is -2.32. The molecule has 0 amide bonds. The van der Waals surface area contributed by atoms with Gasteiger partial charge in [-0.25, -0.2) is 0 Å². The third-order valence-corrected chi connectivity index (χ3v) is 3.28. The van der Waals surface area contributed by atoms with E-state index in [1.54, 1.807) is 0 Å². The second-order valence-electron chi connectivity index (χ2n) is 5.83. The molecule has 0 aromatic carbocycles. The lowest BCUT2D eigenvalue weighted by atomic mass is 10.1. The molecule has 2 unspecified atom stereocenters. The monoisotopic (exact) mass is 246 g/mol. The predicted molar refractivity (Wildman–Crippen MR) is 73.1 cm³/mol. The topological polar surface area (TPSA) is 29.5 Å². The quantitative estimate of drug-likeness (QED) is 0.474. The molecule has 104 valence electrons. The van der Waals surface area contributed by atoms with Gasteiger partial charge in [-0.1, -0.05) is 26.2 Å². The number of nitrogens with zero attached hydrogens (tertiary/aromatic N) is 1. The van der Waals surface area contributed by atoms with E-state index in [1.165, 1.54) is 25.7 Å². The van der Waals surface area contributed by atoms with Crippen LogP contribution in [0.2, 0.25) is 0 Å². The van der Waals surface area contributed by atoms with Crippen molar-refractivity contribution >= 4 is 0 Å². The Kier molecular flexibility index (Phi) is 8.83. The molecule has 17 heavy (non-hydrogen) atoms. The molecule has 0 aromatic rings. The van der Waals surface area contributed by atoms with Crippen molar-refractivity contribution in [2.45, 2.75) is 58.2 Å². The van der Waals surface area contributed by atoms with E-state index in [0.29, 0.717) is 6.10 Å². The van der Waals surface area contributed by atoms with Gasteiger partial charge < -0.3 is 14.3 Å². The van der Waals surface area contributed by atoms with Gasteiger partial charge in [0.1, 0.15) is 12.6 Å². The van der Waals surface area contributed by atoms with Gasteiger partial charge in [-0.15, -0.1) is 0 Å². The summed E-state index contributed by atoms with van der Waals surface area (Å²) >= 11 is 0. The molecule has 0 aromatic heterocycles. The molecule has 0 rings (SSSR count). The van der Waals surface area contributed by atoms with Crippen molar-refractivity contribution in [1.29, 1.82) is 0 Å². The molecule has 1 N–H and O–H groups in total. The van der Waals surface area contributed by atoms with Gasteiger partial charge in [0.05, 0.1) is 26.7 Å². The zero-order valence-electron chi connectivity index (χ0n) is 12.4. The highest BCUT2D eigenvalue weighted by Gasteiger charge is 2.20. The van der Waals surface area contributed by atoms with Crippen LogP contribution in [0.5, 0.6) is 0 Å². The molecule has 0 aliphatic carbocycles. The first-order valence-electron chi connectivity index (χ1n) is 6.94. The van der Waals surface area contributed by atoms with Crippen molar-refractivity contribution in [2.75, 3.05) is 34.3 Å². The minimum absolute atomic E-state index is 0.230. The van der Waals surface area contributed by atoms with E-state index in [2.05, 4.69) is 21.0 Å². The molecule has 0 radical (unpaired) electrons. The molecular weight excluding hydrogens is 214 g/mol. The van der Waals surface area contributed by atoms with Gasteiger partial charge >= 0.3 is 0 Å². The maximum absolute atomic E-state index is 9.44. The van der Waals surface area contributed by atoms with Gasteiger partial charge in [-0.3, -0.25) is 0 Å². The Morgan fingerprint density at radius 2 is 1.82 bits per heavy atom. The van der Waals surface area contributed by atoms with E-state index in [1.807, 2.05) is 14.0 Å². The Hall–Kier alpha value is -0.120. The molecule has 0 saturated heterocycles. The molecule has 0 spiro atoms. The minimum Gasteiger partial charge on any atom is -0.388 e. The predicted octanol–water partition coefficient (Wildman–Crippen LogP) is 2.43. The van der Waals surface area contributed by atoms with Crippen molar-refractivity contribution in [3.63, 3.8) is 0 Å². The van der Waals surface area contributed by atoms with Gasteiger partial charge in [-0.05, 0) is 13.3 Å². The number of quaternary nitrogens is 1. The summed E-state index contributed by atoms with van der Waals surface area (Å²) in [7, 11) is 6.16. The summed E-state index contributed by atoms with van der Waals surface area (Å²) in [6, 6.07) is 0. The lowest BCUT2D eigenvalue weighted by Crippen LogP contribution is -2.46. The average molecular weight is 246 g/mol. The number of hydrogen-bond acceptors (Lipinski definition) is 2. The molecule has 3 heteroatoms.